The number of nitrogens with one attached hydrogen (secondary N) is 1. The fourth-order valence-electron chi connectivity index (χ4n) is 3.72. The van der Waals surface area contributed by atoms with Crippen LogP contribution in [0, 0.1) is 23.7 Å². The lowest BCUT2D eigenvalue weighted by molar-refractivity contribution is -0.159. The monoisotopic (exact) mass is 279 g/mol. The van der Waals surface area contributed by atoms with Crippen LogP contribution in [0.1, 0.15) is 27.2 Å². The van der Waals surface area contributed by atoms with E-state index in [0.29, 0.717) is 5.92 Å². The zero-order valence-electron chi connectivity index (χ0n) is 12.1. The van der Waals surface area contributed by atoms with Gasteiger partial charge in [-0.2, -0.15) is 0 Å². The van der Waals surface area contributed by atoms with Gasteiger partial charge in [-0.25, -0.2) is 4.79 Å². The molecule has 1 N–H and O–H groups in total. The number of rotatable bonds is 1. The first-order valence-corrected chi connectivity index (χ1v) is 7.19. The number of cyclic esters (lactones) is 1. The van der Waals surface area contributed by atoms with Gasteiger partial charge < -0.3 is 14.8 Å². The molecule has 5 heteroatoms. The third-order valence-electron chi connectivity index (χ3n) is 4.36. The zero-order chi connectivity index (χ0) is 14.5. The summed E-state index contributed by atoms with van der Waals surface area (Å²) in [7, 11) is 0. The van der Waals surface area contributed by atoms with Crippen LogP contribution in [-0.4, -0.2) is 30.3 Å². The maximum absolute atomic E-state index is 11.9. The number of carbonyl (C=O) groups is 2. The van der Waals surface area contributed by atoms with Gasteiger partial charge >= 0.3 is 12.1 Å². The molecule has 0 aromatic carbocycles. The Morgan fingerprint density at radius 3 is 2.75 bits per heavy atom. The Labute approximate surface area is 118 Å². The van der Waals surface area contributed by atoms with Gasteiger partial charge in [0.1, 0.15) is 12.2 Å². The molecular weight excluding hydrogens is 258 g/mol. The molecule has 1 heterocycles. The molecule has 1 saturated carbocycles. The minimum Gasteiger partial charge on any atom is -0.463 e. The van der Waals surface area contributed by atoms with Crippen molar-refractivity contribution in [2.24, 2.45) is 23.7 Å². The molecule has 5 unspecified atom stereocenters. The number of allylic oxidation sites excluding steroid dienone is 2. The van der Waals surface area contributed by atoms with Crippen LogP contribution in [0.4, 0.5) is 4.79 Å². The molecule has 5 nitrogen and oxygen atoms in total. The van der Waals surface area contributed by atoms with E-state index in [1.54, 1.807) is 0 Å². The van der Waals surface area contributed by atoms with Crippen LogP contribution in [0.25, 0.3) is 0 Å². The summed E-state index contributed by atoms with van der Waals surface area (Å²) in [6.45, 7) is 5.74. The fourth-order valence-corrected chi connectivity index (χ4v) is 3.72. The Hall–Kier alpha value is -1.52. The molecule has 0 aromatic heterocycles. The number of hydrogen-bond donors (Lipinski definition) is 1. The van der Waals surface area contributed by atoms with E-state index >= 15 is 0 Å². The van der Waals surface area contributed by atoms with Gasteiger partial charge in [0.05, 0.1) is 12.0 Å². The highest BCUT2D eigenvalue weighted by atomic mass is 16.6. The lowest BCUT2D eigenvalue weighted by Crippen LogP contribution is -2.54. The average Bonchev–Trinajstić information content (AvgIpc) is 2.91. The first kappa shape index (κ1) is 13.5. The smallest absolute Gasteiger partial charge is 0.408 e. The molecule has 1 saturated heterocycles. The number of fused-ring (bicyclic) bond motifs is 5. The Morgan fingerprint density at radius 1 is 1.35 bits per heavy atom. The lowest BCUT2D eigenvalue weighted by Gasteiger charge is -2.38. The molecule has 0 spiro atoms. The van der Waals surface area contributed by atoms with E-state index in [2.05, 4.69) is 17.5 Å². The van der Waals surface area contributed by atoms with Crippen molar-refractivity contribution in [2.75, 3.05) is 6.61 Å². The van der Waals surface area contributed by atoms with Crippen molar-refractivity contribution >= 4 is 12.1 Å². The van der Waals surface area contributed by atoms with Crippen molar-refractivity contribution in [2.45, 2.75) is 38.8 Å². The summed E-state index contributed by atoms with van der Waals surface area (Å²) in [5.74, 6) is 0.588. The Kier molecular flexibility index (Phi) is 3.03. The molecule has 0 aromatic rings. The molecule has 2 aliphatic carbocycles. The number of amides is 1. The Balaban J connectivity index is 1.70. The minimum absolute atomic E-state index is 0.0984. The molecule has 2 bridgehead atoms. The minimum atomic E-state index is -0.524. The summed E-state index contributed by atoms with van der Waals surface area (Å²) >= 11 is 0. The van der Waals surface area contributed by atoms with E-state index in [1.807, 2.05) is 20.8 Å². The SMILES string of the molecule is CC(C)(C)OC(=O)NC1COC(=O)C2C3C=CC(C3)C12. The van der Waals surface area contributed by atoms with E-state index in [4.69, 9.17) is 9.47 Å². The molecule has 1 aliphatic heterocycles. The second kappa shape index (κ2) is 4.50. The summed E-state index contributed by atoms with van der Waals surface area (Å²) < 4.78 is 10.5. The van der Waals surface area contributed by atoms with Crippen molar-refractivity contribution in [1.29, 1.82) is 0 Å². The molecule has 2 fully saturated rings. The van der Waals surface area contributed by atoms with Gasteiger partial charge in [-0.1, -0.05) is 12.2 Å². The molecule has 110 valence electrons. The number of carbonyl (C=O) groups excluding carboxylic acids is 2. The van der Waals surface area contributed by atoms with Crippen LogP contribution < -0.4 is 5.32 Å². The summed E-state index contributed by atoms with van der Waals surface area (Å²) in [5.41, 5.74) is -0.524. The molecule has 1 amide bonds. The summed E-state index contributed by atoms with van der Waals surface area (Å²) in [4.78, 5) is 23.8. The topological polar surface area (TPSA) is 64.6 Å². The standard InChI is InChI=1S/C15H21NO4/c1-15(2,3)20-14(18)16-10-7-19-13(17)12-9-5-4-8(6-9)11(10)12/h4-5,8-12H,6-7H2,1-3H3,(H,16,18). The number of alkyl carbamates (subject to hydrolysis) is 1. The normalized spacial score (nSPS) is 38.4. The Morgan fingerprint density at radius 2 is 2.05 bits per heavy atom. The van der Waals surface area contributed by atoms with Gasteiger partial charge in [-0.05, 0) is 39.0 Å². The molecular formula is C15H21NO4. The van der Waals surface area contributed by atoms with Crippen LogP contribution in [0.15, 0.2) is 12.2 Å². The van der Waals surface area contributed by atoms with Crippen molar-refractivity contribution in [3.63, 3.8) is 0 Å². The summed E-state index contributed by atoms with van der Waals surface area (Å²) in [5, 5.41) is 2.88. The van der Waals surface area contributed by atoms with E-state index in [0.717, 1.165) is 6.42 Å². The summed E-state index contributed by atoms with van der Waals surface area (Å²) in [6.07, 6.45) is 4.85. The van der Waals surface area contributed by atoms with Crippen LogP contribution >= 0.6 is 0 Å². The van der Waals surface area contributed by atoms with E-state index in [1.165, 1.54) is 0 Å². The lowest BCUT2D eigenvalue weighted by atomic mass is 9.77. The third-order valence-corrected chi connectivity index (χ3v) is 4.36. The largest absolute Gasteiger partial charge is 0.463 e. The van der Waals surface area contributed by atoms with Crippen LogP contribution in [0.5, 0.6) is 0 Å². The second-order valence-electron chi connectivity index (χ2n) is 6.93. The van der Waals surface area contributed by atoms with Gasteiger partial charge in [0.2, 0.25) is 0 Å². The summed E-state index contributed by atoms with van der Waals surface area (Å²) in [6, 6.07) is -0.146. The molecule has 20 heavy (non-hydrogen) atoms. The predicted molar refractivity (Wildman–Crippen MR) is 71.8 cm³/mol. The van der Waals surface area contributed by atoms with Crippen LogP contribution in [0.3, 0.4) is 0 Å². The predicted octanol–water partition coefficient (Wildman–Crippen LogP) is 1.87. The van der Waals surface area contributed by atoms with Crippen molar-refractivity contribution in [3.05, 3.63) is 12.2 Å². The third kappa shape index (κ3) is 2.30. The average molecular weight is 279 g/mol. The van der Waals surface area contributed by atoms with Crippen molar-refractivity contribution in [3.8, 4) is 0 Å². The van der Waals surface area contributed by atoms with Gasteiger partial charge in [0.25, 0.3) is 0 Å². The molecule has 3 aliphatic rings. The van der Waals surface area contributed by atoms with E-state index in [-0.39, 0.29) is 36.4 Å². The van der Waals surface area contributed by atoms with Gasteiger partial charge in [-0.3, -0.25) is 4.79 Å². The van der Waals surface area contributed by atoms with Crippen LogP contribution in [0.2, 0.25) is 0 Å². The zero-order valence-corrected chi connectivity index (χ0v) is 12.1. The molecule has 0 radical (unpaired) electrons. The maximum atomic E-state index is 11.9. The van der Waals surface area contributed by atoms with Crippen molar-refractivity contribution in [1.82, 2.24) is 5.32 Å². The Bertz CT molecular complexity index is 465. The van der Waals surface area contributed by atoms with Gasteiger partial charge in [-0.15, -0.1) is 0 Å². The van der Waals surface area contributed by atoms with Gasteiger partial charge in [0, 0.05) is 5.92 Å². The highest BCUT2D eigenvalue weighted by molar-refractivity contribution is 5.76. The number of hydrogen-bond acceptors (Lipinski definition) is 4. The fraction of sp³-hybridized carbons (Fsp3) is 0.733. The first-order valence-electron chi connectivity index (χ1n) is 7.19. The van der Waals surface area contributed by atoms with E-state index in [9.17, 15) is 9.59 Å². The van der Waals surface area contributed by atoms with Crippen molar-refractivity contribution < 1.29 is 19.1 Å². The van der Waals surface area contributed by atoms with Gasteiger partial charge in [0.15, 0.2) is 0 Å². The maximum Gasteiger partial charge on any atom is 0.408 e. The number of ether oxygens (including phenoxy) is 2. The highest BCUT2D eigenvalue weighted by Gasteiger charge is 2.54. The molecule has 3 rings (SSSR count). The first-order chi connectivity index (χ1) is 9.35. The quantitative estimate of drug-likeness (QED) is 0.588. The molecule has 5 atom stereocenters. The highest BCUT2D eigenvalue weighted by Crippen LogP contribution is 2.51. The van der Waals surface area contributed by atoms with Crippen LogP contribution in [-0.2, 0) is 14.3 Å². The number of esters is 1. The van der Waals surface area contributed by atoms with E-state index < -0.39 is 11.7 Å². The second-order valence-corrected chi connectivity index (χ2v) is 6.93.